The SMILES string of the molecule is CN(C)c1ccc([C@H](CNS(=O)(=O)c2ccc3c(c2)OCO3)N2CCCCC2)cc1. The van der Waals surface area contributed by atoms with Gasteiger partial charge in [0.15, 0.2) is 11.5 Å². The highest BCUT2D eigenvalue weighted by atomic mass is 32.2. The number of piperidine rings is 1. The Morgan fingerprint density at radius 3 is 2.40 bits per heavy atom. The Labute approximate surface area is 178 Å². The normalized spacial score (nSPS) is 17.7. The van der Waals surface area contributed by atoms with Crippen LogP contribution in [0.5, 0.6) is 11.5 Å². The lowest BCUT2D eigenvalue weighted by molar-refractivity contribution is 0.164. The van der Waals surface area contributed by atoms with Gasteiger partial charge in [0.05, 0.1) is 4.90 Å². The fraction of sp³-hybridized carbons (Fsp3) is 0.455. The maximum atomic E-state index is 13.0. The molecule has 0 saturated carbocycles. The van der Waals surface area contributed by atoms with Crippen molar-refractivity contribution in [3.63, 3.8) is 0 Å². The second-order valence-electron chi connectivity index (χ2n) is 7.97. The van der Waals surface area contributed by atoms with Crippen molar-refractivity contribution in [3.8, 4) is 11.5 Å². The van der Waals surface area contributed by atoms with E-state index in [9.17, 15) is 8.42 Å². The molecule has 0 bridgehead atoms. The van der Waals surface area contributed by atoms with Crippen molar-refractivity contribution in [1.29, 1.82) is 0 Å². The summed E-state index contributed by atoms with van der Waals surface area (Å²) in [5.41, 5.74) is 2.24. The third kappa shape index (κ3) is 4.55. The quantitative estimate of drug-likeness (QED) is 0.727. The van der Waals surface area contributed by atoms with Crippen LogP contribution in [0.4, 0.5) is 5.69 Å². The van der Waals surface area contributed by atoms with Crippen LogP contribution in [0, 0.1) is 0 Å². The van der Waals surface area contributed by atoms with Crippen LogP contribution in [0.25, 0.3) is 0 Å². The van der Waals surface area contributed by atoms with Gasteiger partial charge in [-0.1, -0.05) is 18.6 Å². The number of fused-ring (bicyclic) bond motifs is 1. The molecule has 8 heteroatoms. The highest BCUT2D eigenvalue weighted by molar-refractivity contribution is 7.89. The topological polar surface area (TPSA) is 71.1 Å². The molecule has 0 aliphatic carbocycles. The standard InChI is InChI=1S/C22H29N3O4S/c1-24(2)18-8-6-17(7-9-18)20(25-12-4-3-5-13-25)15-23-30(26,27)19-10-11-21-22(14-19)29-16-28-21/h6-11,14,20,23H,3-5,12-13,15-16H2,1-2H3/t20-/m0/s1. The van der Waals surface area contributed by atoms with Crippen LogP contribution in [-0.4, -0.2) is 53.8 Å². The molecule has 30 heavy (non-hydrogen) atoms. The Bertz CT molecular complexity index is 970. The van der Waals surface area contributed by atoms with Crippen molar-refractivity contribution >= 4 is 15.7 Å². The summed E-state index contributed by atoms with van der Waals surface area (Å²) in [6.45, 7) is 2.39. The zero-order chi connectivity index (χ0) is 21.1. The molecule has 7 nitrogen and oxygen atoms in total. The van der Waals surface area contributed by atoms with Crippen molar-refractivity contribution in [1.82, 2.24) is 9.62 Å². The second-order valence-corrected chi connectivity index (χ2v) is 9.73. The molecule has 0 aromatic heterocycles. The van der Waals surface area contributed by atoms with Crippen molar-refractivity contribution in [2.45, 2.75) is 30.2 Å². The summed E-state index contributed by atoms with van der Waals surface area (Å²) in [4.78, 5) is 4.63. The molecular weight excluding hydrogens is 402 g/mol. The Kier molecular flexibility index (Phi) is 6.17. The van der Waals surface area contributed by atoms with Gasteiger partial charge in [0.1, 0.15) is 0 Å². The summed E-state index contributed by atoms with van der Waals surface area (Å²) in [6, 6.07) is 13.1. The predicted molar refractivity (Wildman–Crippen MR) is 117 cm³/mol. The van der Waals surface area contributed by atoms with Crippen LogP contribution >= 0.6 is 0 Å². The zero-order valence-electron chi connectivity index (χ0n) is 17.5. The number of nitrogens with zero attached hydrogens (tertiary/aromatic N) is 2. The van der Waals surface area contributed by atoms with E-state index in [1.165, 1.54) is 12.5 Å². The number of benzene rings is 2. The number of nitrogens with one attached hydrogen (secondary N) is 1. The molecule has 2 heterocycles. The van der Waals surface area contributed by atoms with Crippen molar-refractivity contribution < 1.29 is 17.9 Å². The molecule has 1 atom stereocenters. The molecule has 0 amide bonds. The van der Waals surface area contributed by atoms with Gasteiger partial charge < -0.3 is 14.4 Å². The maximum absolute atomic E-state index is 13.0. The molecule has 2 aliphatic heterocycles. The molecule has 1 saturated heterocycles. The van der Waals surface area contributed by atoms with Gasteiger partial charge in [-0.25, -0.2) is 13.1 Å². The van der Waals surface area contributed by atoms with E-state index in [4.69, 9.17) is 9.47 Å². The highest BCUT2D eigenvalue weighted by Crippen LogP contribution is 2.34. The van der Waals surface area contributed by atoms with Gasteiger partial charge in [-0.3, -0.25) is 4.90 Å². The monoisotopic (exact) mass is 431 g/mol. The minimum Gasteiger partial charge on any atom is -0.454 e. The van der Waals surface area contributed by atoms with Gasteiger partial charge >= 0.3 is 0 Å². The summed E-state index contributed by atoms with van der Waals surface area (Å²) in [5.74, 6) is 1.03. The van der Waals surface area contributed by atoms with E-state index in [2.05, 4.69) is 38.8 Å². The zero-order valence-corrected chi connectivity index (χ0v) is 18.3. The third-order valence-electron chi connectivity index (χ3n) is 5.75. The molecule has 1 fully saturated rings. The number of hydrogen-bond acceptors (Lipinski definition) is 6. The third-order valence-corrected chi connectivity index (χ3v) is 7.17. The van der Waals surface area contributed by atoms with E-state index in [0.717, 1.165) is 37.2 Å². The number of rotatable bonds is 7. The Hall–Kier alpha value is -2.29. The van der Waals surface area contributed by atoms with Crippen molar-refractivity contribution in [2.75, 3.05) is 45.4 Å². The first-order chi connectivity index (χ1) is 14.4. The van der Waals surface area contributed by atoms with Crippen LogP contribution < -0.4 is 19.1 Å². The molecule has 1 N–H and O–H groups in total. The number of anilines is 1. The minimum atomic E-state index is -3.67. The van der Waals surface area contributed by atoms with Crippen molar-refractivity contribution in [3.05, 3.63) is 48.0 Å². The second kappa shape index (κ2) is 8.83. The molecular formula is C22H29N3O4S. The van der Waals surface area contributed by atoms with E-state index >= 15 is 0 Å². The van der Waals surface area contributed by atoms with Crippen LogP contribution in [0.2, 0.25) is 0 Å². The summed E-state index contributed by atoms with van der Waals surface area (Å²) in [6.07, 6.45) is 3.51. The molecule has 162 valence electrons. The van der Waals surface area contributed by atoms with Crippen LogP contribution in [0.15, 0.2) is 47.4 Å². The lowest BCUT2D eigenvalue weighted by Gasteiger charge is -2.35. The van der Waals surface area contributed by atoms with Crippen molar-refractivity contribution in [2.24, 2.45) is 0 Å². The number of ether oxygens (including phenoxy) is 2. The number of sulfonamides is 1. The smallest absolute Gasteiger partial charge is 0.240 e. The molecule has 0 radical (unpaired) electrons. The van der Waals surface area contributed by atoms with Gasteiger partial charge in [0.25, 0.3) is 0 Å². The van der Waals surface area contributed by atoms with E-state index in [0.29, 0.717) is 18.0 Å². The highest BCUT2D eigenvalue weighted by Gasteiger charge is 2.26. The Morgan fingerprint density at radius 2 is 1.70 bits per heavy atom. The fourth-order valence-electron chi connectivity index (χ4n) is 4.00. The first kappa shape index (κ1) is 21.0. The maximum Gasteiger partial charge on any atom is 0.240 e. The average molecular weight is 432 g/mol. The first-order valence-electron chi connectivity index (χ1n) is 10.3. The minimum absolute atomic E-state index is 0.00898. The Morgan fingerprint density at radius 1 is 1.00 bits per heavy atom. The van der Waals surface area contributed by atoms with Gasteiger partial charge in [-0.05, 0) is 55.8 Å². The van der Waals surface area contributed by atoms with Crippen LogP contribution in [-0.2, 0) is 10.0 Å². The summed E-state index contributed by atoms with van der Waals surface area (Å²) < 4.78 is 39.4. The number of likely N-dealkylation sites (tertiary alicyclic amines) is 1. The van der Waals surface area contributed by atoms with Gasteiger partial charge in [0, 0.05) is 38.4 Å². The van der Waals surface area contributed by atoms with Crippen LogP contribution in [0.3, 0.4) is 0 Å². The fourth-order valence-corrected chi connectivity index (χ4v) is 5.05. The molecule has 2 aliphatic rings. The largest absolute Gasteiger partial charge is 0.454 e. The molecule has 2 aromatic rings. The summed E-state index contributed by atoms with van der Waals surface area (Å²) in [5, 5.41) is 0. The van der Waals surface area contributed by atoms with E-state index in [1.54, 1.807) is 12.1 Å². The van der Waals surface area contributed by atoms with E-state index in [1.807, 2.05) is 14.1 Å². The number of hydrogen-bond donors (Lipinski definition) is 1. The molecule has 4 rings (SSSR count). The van der Waals surface area contributed by atoms with E-state index in [-0.39, 0.29) is 17.7 Å². The predicted octanol–water partition coefficient (Wildman–Crippen LogP) is 2.99. The van der Waals surface area contributed by atoms with Gasteiger partial charge in [-0.2, -0.15) is 0 Å². The Balaban J connectivity index is 1.53. The lowest BCUT2D eigenvalue weighted by Crippen LogP contribution is -2.40. The lowest BCUT2D eigenvalue weighted by atomic mass is 10.0. The van der Waals surface area contributed by atoms with Gasteiger partial charge in [-0.15, -0.1) is 0 Å². The van der Waals surface area contributed by atoms with Gasteiger partial charge in [0.2, 0.25) is 16.8 Å². The molecule has 0 spiro atoms. The molecule has 2 aromatic carbocycles. The summed E-state index contributed by atoms with van der Waals surface area (Å²) >= 11 is 0. The van der Waals surface area contributed by atoms with E-state index < -0.39 is 10.0 Å². The first-order valence-corrected chi connectivity index (χ1v) is 11.8. The summed E-state index contributed by atoms with van der Waals surface area (Å²) in [7, 11) is 0.355. The molecule has 0 unspecified atom stereocenters. The van der Waals surface area contributed by atoms with Crippen LogP contribution in [0.1, 0.15) is 30.9 Å². The average Bonchev–Trinajstić information content (AvgIpc) is 3.23.